The Morgan fingerprint density at radius 2 is 2.00 bits per heavy atom. The van der Waals surface area contributed by atoms with Gasteiger partial charge in [-0.15, -0.1) is 0 Å². The Balaban J connectivity index is 4.55. The third kappa shape index (κ3) is 2.13. The molecule has 0 rings (SSSR count). The fraction of sp³-hybridized carbons (Fsp3) is 0.286. The summed E-state index contributed by atoms with van der Waals surface area (Å²) in [6.07, 6.45) is 1.53. The van der Waals surface area contributed by atoms with Gasteiger partial charge >= 0.3 is 0 Å². The van der Waals surface area contributed by atoms with Gasteiger partial charge in [-0.25, -0.2) is 0 Å². The molecule has 9 heavy (non-hydrogen) atoms. The molecule has 0 spiro atoms. The van der Waals surface area contributed by atoms with Gasteiger partial charge in [-0.3, -0.25) is 0 Å². The summed E-state index contributed by atoms with van der Waals surface area (Å²) in [5.41, 5.74) is 1.02. The molecule has 0 atom stereocenters. The van der Waals surface area contributed by atoms with E-state index < -0.39 is 0 Å². The molecule has 0 aliphatic heterocycles. The van der Waals surface area contributed by atoms with Gasteiger partial charge in [0.05, 0.1) is 5.57 Å². The lowest BCUT2D eigenvalue weighted by Gasteiger charge is -1.94. The zero-order valence-corrected chi connectivity index (χ0v) is 5.78. The van der Waals surface area contributed by atoms with Crippen LogP contribution in [0, 0.1) is 5.41 Å². The van der Waals surface area contributed by atoms with Gasteiger partial charge in [0.15, 0.2) is 0 Å². The summed E-state index contributed by atoms with van der Waals surface area (Å²) in [5, 5.41) is 14.3. The minimum absolute atomic E-state index is 0.400. The van der Waals surface area contributed by atoms with Crippen LogP contribution < -0.4 is 0 Å². The maximum Gasteiger partial charge on any atom is 0.234 e. The Kier molecular flexibility index (Phi) is 2.71. The van der Waals surface area contributed by atoms with E-state index in [1.54, 1.807) is 13.8 Å². The van der Waals surface area contributed by atoms with Gasteiger partial charge in [0, 0.05) is 12.6 Å². The summed E-state index contributed by atoms with van der Waals surface area (Å²) in [6.45, 7) is 6.78. The normalized spacial score (nSPS) is 12.2. The number of hydrogen-bond acceptors (Lipinski definition) is 1. The molecule has 2 nitrogen and oxygen atoms in total. The Morgan fingerprint density at radius 1 is 1.56 bits per heavy atom. The molecule has 0 aliphatic rings. The largest absolute Gasteiger partial charge is 0.596 e. The lowest BCUT2D eigenvalue weighted by atomic mass is 10.1. The van der Waals surface area contributed by atoms with E-state index in [0.29, 0.717) is 17.0 Å². The summed E-state index contributed by atoms with van der Waals surface area (Å²) in [6, 6.07) is 0. The average molecular weight is 126 g/mol. The van der Waals surface area contributed by atoms with E-state index in [1.807, 2.05) is 0 Å². The highest BCUT2D eigenvalue weighted by atomic mass is 16.3. The maximum atomic E-state index is 7.13. The predicted molar refractivity (Wildman–Crippen MR) is 39.9 cm³/mol. The highest BCUT2D eigenvalue weighted by molar-refractivity contribution is 5.98. The Labute approximate surface area is 55.0 Å². The molecule has 50 valence electrons. The van der Waals surface area contributed by atoms with Gasteiger partial charge < -0.3 is 10.5 Å². The van der Waals surface area contributed by atoms with Gasteiger partial charge in [-0.1, -0.05) is 12.7 Å². The molecule has 0 heterocycles. The van der Waals surface area contributed by atoms with Crippen molar-refractivity contribution in [3.05, 3.63) is 24.0 Å². The van der Waals surface area contributed by atoms with Crippen LogP contribution in [0.5, 0.6) is 0 Å². The molecular formula is C7H12NO+. The summed E-state index contributed by atoms with van der Waals surface area (Å²) in [7, 11) is 0. The van der Waals surface area contributed by atoms with Crippen LogP contribution in [0.4, 0.5) is 0 Å². The molecule has 0 amide bonds. The van der Waals surface area contributed by atoms with Crippen molar-refractivity contribution in [2.24, 2.45) is 0 Å². The van der Waals surface area contributed by atoms with Crippen molar-refractivity contribution in [1.82, 2.24) is 0 Å². The SMILES string of the molecule is C=C/C(C(C)=N)=C(\C)[OH2+]. The molecule has 0 radical (unpaired) electrons. The second kappa shape index (κ2) is 3.07. The van der Waals surface area contributed by atoms with Crippen LogP contribution >= 0.6 is 0 Å². The van der Waals surface area contributed by atoms with Crippen molar-refractivity contribution >= 4 is 5.71 Å². The quantitative estimate of drug-likeness (QED) is 0.250. The smallest absolute Gasteiger partial charge is 0.234 e. The maximum absolute atomic E-state index is 7.13. The van der Waals surface area contributed by atoms with Crippen molar-refractivity contribution < 1.29 is 5.11 Å². The van der Waals surface area contributed by atoms with Crippen molar-refractivity contribution in [2.45, 2.75) is 13.8 Å². The first-order chi connectivity index (χ1) is 4.09. The number of allylic oxidation sites excluding steroid dienone is 3. The van der Waals surface area contributed by atoms with E-state index >= 15 is 0 Å². The molecule has 0 aliphatic carbocycles. The fourth-order valence-corrected chi connectivity index (χ4v) is 0.587. The topological polar surface area (TPSA) is 46.8 Å². The minimum atomic E-state index is 0.400. The van der Waals surface area contributed by atoms with E-state index in [0.717, 1.165) is 0 Å². The highest BCUT2D eigenvalue weighted by Gasteiger charge is 2.01. The van der Waals surface area contributed by atoms with E-state index in [1.165, 1.54) is 6.08 Å². The fourth-order valence-electron chi connectivity index (χ4n) is 0.587. The van der Waals surface area contributed by atoms with Crippen LogP contribution in [-0.4, -0.2) is 10.8 Å². The highest BCUT2D eigenvalue weighted by Crippen LogP contribution is 2.02. The first kappa shape index (κ1) is 7.95. The van der Waals surface area contributed by atoms with Crippen LogP contribution in [0.3, 0.4) is 0 Å². The standard InChI is InChI=1S/C7H11NO/c1-4-7(5(2)8)6(3)9/h4,8-9H,1H2,2-3H3/p+1/b7-6-,8-5?. The van der Waals surface area contributed by atoms with Gasteiger partial charge in [-0.05, 0) is 6.92 Å². The molecule has 0 aromatic heterocycles. The third-order valence-corrected chi connectivity index (χ3v) is 1.01. The second-order valence-corrected chi connectivity index (χ2v) is 1.87. The van der Waals surface area contributed by atoms with Crippen LogP contribution in [-0.2, 0) is 0 Å². The number of rotatable bonds is 2. The molecule has 0 aromatic carbocycles. The van der Waals surface area contributed by atoms with Crippen LogP contribution in [0.1, 0.15) is 13.8 Å². The monoisotopic (exact) mass is 126 g/mol. The molecule has 0 fully saturated rings. The molecule has 3 N–H and O–H groups in total. The summed E-state index contributed by atoms with van der Waals surface area (Å²) in [5.74, 6) is 0.400. The van der Waals surface area contributed by atoms with E-state index in [4.69, 9.17) is 10.5 Å². The van der Waals surface area contributed by atoms with Gasteiger partial charge in [0.2, 0.25) is 5.76 Å². The molecule has 0 aromatic rings. The summed E-state index contributed by atoms with van der Waals surface area (Å²) >= 11 is 0. The van der Waals surface area contributed by atoms with E-state index in [2.05, 4.69) is 6.58 Å². The summed E-state index contributed by atoms with van der Waals surface area (Å²) in [4.78, 5) is 0. The zero-order valence-electron chi connectivity index (χ0n) is 5.78. The molecule has 2 heteroatoms. The Bertz CT molecular complexity index is 164. The number of hydrogen-bond donors (Lipinski definition) is 1. The number of nitrogens with one attached hydrogen (secondary N) is 1. The zero-order chi connectivity index (χ0) is 7.44. The lowest BCUT2D eigenvalue weighted by molar-refractivity contribution is 0.412. The van der Waals surface area contributed by atoms with Gasteiger partial charge in [0.25, 0.3) is 0 Å². The summed E-state index contributed by atoms with van der Waals surface area (Å²) < 4.78 is 0. The van der Waals surface area contributed by atoms with E-state index in [9.17, 15) is 0 Å². The molecular weight excluding hydrogens is 114 g/mol. The third-order valence-electron chi connectivity index (χ3n) is 1.01. The Hall–Kier alpha value is -1.05. The lowest BCUT2D eigenvalue weighted by Crippen LogP contribution is -1.94. The Morgan fingerprint density at radius 3 is 2.00 bits per heavy atom. The van der Waals surface area contributed by atoms with Crippen molar-refractivity contribution in [3.63, 3.8) is 0 Å². The van der Waals surface area contributed by atoms with E-state index in [-0.39, 0.29) is 0 Å². The molecule has 0 unspecified atom stereocenters. The van der Waals surface area contributed by atoms with Gasteiger partial charge in [-0.2, -0.15) is 0 Å². The average Bonchev–Trinajstić information content (AvgIpc) is 1.64. The molecule has 0 saturated heterocycles. The molecule has 0 bridgehead atoms. The first-order valence-corrected chi connectivity index (χ1v) is 2.70. The molecule has 0 saturated carbocycles. The van der Waals surface area contributed by atoms with Crippen molar-refractivity contribution in [2.75, 3.05) is 0 Å². The van der Waals surface area contributed by atoms with Crippen LogP contribution in [0.2, 0.25) is 0 Å². The first-order valence-electron chi connectivity index (χ1n) is 2.70. The van der Waals surface area contributed by atoms with Crippen LogP contribution in [0.25, 0.3) is 0 Å². The second-order valence-electron chi connectivity index (χ2n) is 1.87. The van der Waals surface area contributed by atoms with Crippen molar-refractivity contribution in [1.29, 1.82) is 5.41 Å². The van der Waals surface area contributed by atoms with Crippen molar-refractivity contribution in [3.8, 4) is 0 Å². The van der Waals surface area contributed by atoms with Crippen LogP contribution in [0.15, 0.2) is 24.0 Å². The van der Waals surface area contributed by atoms with Gasteiger partial charge in [0.1, 0.15) is 0 Å². The predicted octanol–water partition coefficient (Wildman–Crippen LogP) is 1.21. The minimum Gasteiger partial charge on any atom is -0.596 e.